The van der Waals surface area contributed by atoms with Crippen LogP contribution in [0.2, 0.25) is 5.15 Å². The zero-order valence-electron chi connectivity index (χ0n) is 15.6. The van der Waals surface area contributed by atoms with Crippen LogP contribution in [0.3, 0.4) is 0 Å². The fourth-order valence-corrected chi connectivity index (χ4v) is 4.23. The van der Waals surface area contributed by atoms with E-state index in [0.717, 1.165) is 25.7 Å². The van der Waals surface area contributed by atoms with Crippen molar-refractivity contribution in [3.63, 3.8) is 0 Å². The van der Waals surface area contributed by atoms with Crippen molar-refractivity contribution >= 4 is 17.2 Å². The second kappa shape index (κ2) is 6.90. The van der Waals surface area contributed by atoms with E-state index in [1.807, 2.05) is 0 Å². The van der Waals surface area contributed by atoms with Crippen LogP contribution in [0.1, 0.15) is 25.7 Å². The molecule has 1 aliphatic carbocycles. The van der Waals surface area contributed by atoms with Gasteiger partial charge in [0.05, 0.1) is 13.2 Å². The minimum absolute atomic E-state index is 0.0640. The predicted octanol–water partition coefficient (Wildman–Crippen LogP) is 4.67. The van der Waals surface area contributed by atoms with Crippen molar-refractivity contribution in [1.29, 1.82) is 0 Å². The number of ether oxygens (including phenoxy) is 3. The fraction of sp³-hybridized carbons (Fsp3) is 0.421. The molecular formula is C19H16ClF3N4O3. The molecule has 1 aliphatic heterocycles. The van der Waals surface area contributed by atoms with Crippen LogP contribution < -0.4 is 14.2 Å². The van der Waals surface area contributed by atoms with Crippen LogP contribution in [0.15, 0.2) is 24.3 Å². The highest BCUT2D eigenvalue weighted by atomic mass is 35.5. The first-order chi connectivity index (χ1) is 14.3. The van der Waals surface area contributed by atoms with Gasteiger partial charge >= 0.3 is 6.36 Å². The van der Waals surface area contributed by atoms with Crippen molar-refractivity contribution in [2.75, 3.05) is 13.2 Å². The first-order valence-electron chi connectivity index (χ1n) is 9.40. The second-order valence-electron chi connectivity index (χ2n) is 7.57. The monoisotopic (exact) mass is 440 g/mol. The van der Waals surface area contributed by atoms with E-state index in [9.17, 15) is 13.2 Å². The number of hydrogen-bond acceptors (Lipinski definition) is 6. The number of nitrogens with zero attached hydrogens (tertiary/aromatic N) is 4. The van der Waals surface area contributed by atoms with Crippen molar-refractivity contribution in [1.82, 2.24) is 19.8 Å². The van der Waals surface area contributed by atoms with Crippen molar-refractivity contribution in [3.05, 3.63) is 29.4 Å². The van der Waals surface area contributed by atoms with Crippen molar-refractivity contribution in [2.24, 2.45) is 5.41 Å². The van der Waals surface area contributed by atoms with Gasteiger partial charge in [0.2, 0.25) is 17.1 Å². The maximum absolute atomic E-state index is 12.6. The molecule has 2 aromatic heterocycles. The standard InChI is InChI=1S/C19H16ClF3N4O3/c20-15-13-14(29-10-18(9-28-13)6-1-2-7-18)17-25-24-16(27(17)26-15)11-4-3-5-12(8-11)30-19(21,22)23/h3-5,8H,1-2,6-7,9-10H2. The smallest absolute Gasteiger partial charge is 0.486 e. The molecule has 1 fully saturated rings. The van der Waals surface area contributed by atoms with E-state index >= 15 is 0 Å². The second-order valence-corrected chi connectivity index (χ2v) is 7.93. The Hall–Kier alpha value is -2.75. The van der Waals surface area contributed by atoms with Crippen LogP contribution in [0, 0.1) is 5.41 Å². The zero-order valence-corrected chi connectivity index (χ0v) is 16.3. The fourth-order valence-electron chi connectivity index (χ4n) is 4.02. The summed E-state index contributed by atoms with van der Waals surface area (Å²) in [6.07, 6.45) is -0.546. The number of aromatic nitrogens is 4. The van der Waals surface area contributed by atoms with Gasteiger partial charge in [0.25, 0.3) is 0 Å². The summed E-state index contributed by atoms with van der Waals surface area (Å²) >= 11 is 6.36. The number of rotatable bonds is 2. The summed E-state index contributed by atoms with van der Waals surface area (Å²) in [5.41, 5.74) is 0.544. The molecule has 1 aromatic carbocycles. The van der Waals surface area contributed by atoms with Crippen molar-refractivity contribution in [2.45, 2.75) is 32.0 Å². The summed E-state index contributed by atoms with van der Waals surface area (Å²) in [6.45, 7) is 0.947. The van der Waals surface area contributed by atoms with E-state index in [2.05, 4.69) is 20.0 Å². The Morgan fingerprint density at radius 2 is 1.80 bits per heavy atom. The third-order valence-corrected chi connectivity index (χ3v) is 5.71. The number of fused-ring (bicyclic) bond motifs is 3. The maximum atomic E-state index is 12.6. The lowest BCUT2D eigenvalue weighted by Gasteiger charge is -2.24. The van der Waals surface area contributed by atoms with E-state index in [-0.39, 0.29) is 27.8 Å². The van der Waals surface area contributed by atoms with Crippen LogP contribution >= 0.6 is 11.6 Å². The van der Waals surface area contributed by atoms with Gasteiger partial charge in [-0.05, 0) is 25.0 Å². The first-order valence-corrected chi connectivity index (χ1v) is 9.78. The Bertz CT molecular complexity index is 1110. The minimum atomic E-state index is -4.80. The third kappa shape index (κ3) is 3.38. The van der Waals surface area contributed by atoms with Gasteiger partial charge in [0.15, 0.2) is 11.0 Å². The lowest BCUT2D eigenvalue weighted by atomic mass is 9.88. The Morgan fingerprint density at radius 3 is 2.53 bits per heavy atom. The van der Waals surface area contributed by atoms with Gasteiger partial charge in [0, 0.05) is 11.0 Å². The van der Waals surface area contributed by atoms with Gasteiger partial charge in [-0.1, -0.05) is 36.6 Å². The number of benzene rings is 1. The highest BCUT2D eigenvalue weighted by molar-refractivity contribution is 6.31. The molecule has 158 valence electrons. The SMILES string of the molecule is FC(F)(F)Oc1cccc(-c2nnc3c4c(c(Cl)nn23)OCC2(CCCC2)CO4)c1. The summed E-state index contributed by atoms with van der Waals surface area (Å²) in [7, 11) is 0. The van der Waals surface area contributed by atoms with Gasteiger partial charge in [-0.3, -0.25) is 0 Å². The van der Waals surface area contributed by atoms with Crippen LogP contribution in [-0.2, 0) is 0 Å². The van der Waals surface area contributed by atoms with Gasteiger partial charge in [-0.2, -0.15) is 4.52 Å². The lowest BCUT2D eigenvalue weighted by molar-refractivity contribution is -0.274. The van der Waals surface area contributed by atoms with E-state index < -0.39 is 6.36 Å². The minimum Gasteiger partial charge on any atom is -0.486 e. The van der Waals surface area contributed by atoms with Crippen molar-refractivity contribution < 1.29 is 27.4 Å². The van der Waals surface area contributed by atoms with Gasteiger partial charge in [0.1, 0.15) is 5.75 Å². The predicted molar refractivity (Wildman–Crippen MR) is 99.8 cm³/mol. The third-order valence-electron chi connectivity index (χ3n) is 5.46. The Labute approximate surface area is 173 Å². The molecule has 3 heterocycles. The quantitative estimate of drug-likeness (QED) is 0.576. The Morgan fingerprint density at radius 1 is 1.07 bits per heavy atom. The molecule has 0 radical (unpaired) electrons. The summed E-state index contributed by atoms with van der Waals surface area (Å²) in [5, 5.41) is 12.6. The molecule has 3 aromatic rings. The maximum Gasteiger partial charge on any atom is 0.573 e. The van der Waals surface area contributed by atoms with Crippen LogP contribution in [0.4, 0.5) is 13.2 Å². The Balaban J connectivity index is 1.55. The average Bonchev–Trinajstić information content (AvgIpc) is 3.26. The summed E-state index contributed by atoms with van der Waals surface area (Å²) < 4.78 is 55.0. The lowest BCUT2D eigenvalue weighted by Crippen LogP contribution is -2.30. The molecule has 11 heteroatoms. The number of hydrogen-bond donors (Lipinski definition) is 0. The molecule has 7 nitrogen and oxygen atoms in total. The molecule has 1 spiro atoms. The van der Waals surface area contributed by atoms with Gasteiger partial charge < -0.3 is 14.2 Å². The average molecular weight is 441 g/mol. The first kappa shape index (κ1) is 19.2. The highest BCUT2D eigenvalue weighted by Crippen LogP contribution is 2.46. The van der Waals surface area contributed by atoms with Crippen LogP contribution in [0.5, 0.6) is 17.2 Å². The number of halogens is 4. The zero-order chi connectivity index (χ0) is 20.9. The molecule has 0 saturated heterocycles. The molecular weight excluding hydrogens is 425 g/mol. The normalized spacial score (nSPS) is 18.0. The topological polar surface area (TPSA) is 70.8 Å². The van der Waals surface area contributed by atoms with E-state index in [1.165, 1.54) is 22.7 Å². The highest BCUT2D eigenvalue weighted by Gasteiger charge is 2.39. The molecule has 30 heavy (non-hydrogen) atoms. The summed E-state index contributed by atoms with van der Waals surface area (Å²) in [4.78, 5) is 0. The van der Waals surface area contributed by atoms with Gasteiger partial charge in [-0.15, -0.1) is 28.5 Å². The Kier molecular flexibility index (Phi) is 4.42. The molecule has 0 N–H and O–H groups in total. The van der Waals surface area contributed by atoms with Crippen molar-refractivity contribution in [3.8, 4) is 28.6 Å². The van der Waals surface area contributed by atoms with E-state index in [1.54, 1.807) is 6.07 Å². The largest absolute Gasteiger partial charge is 0.573 e. The summed E-state index contributed by atoms with van der Waals surface area (Å²) in [6, 6.07) is 5.40. The molecule has 0 atom stereocenters. The summed E-state index contributed by atoms with van der Waals surface area (Å²) in [5.74, 6) is 0.465. The number of alkyl halides is 3. The molecule has 1 saturated carbocycles. The molecule has 0 amide bonds. The van der Waals surface area contributed by atoms with Crippen LogP contribution in [-0.4, -0.2) is 39.4 Å². The van der Waals surface area contributed by atoms with E-state index in [0.29, 0.717) is 30.3 Å². The van der Waals surface area contributed by atoms with Gasteiger partial charge in [-0.25, -0.2) is 0 Å². The molecule has 2 aliphatic rings. The van der Waals surface area contributed by atoms with Crippen LogP contribution in [0.25, 0.3) is 17.0 Å². The molecule has 0 bridgehead atoms. The van der Waals surface area contributed by atoms with E-state index in [4.69, 9.17) is 21.1 Å². The molecule has 5 rings (SSSR count). The molecule has 0 unspecified atom stereocenters.